The fourth-order valence-corrected chi connectivity index (χ4v) is 5.37. The number of nitrogens with zero attached hydrogens (tertiary/aromatic N) is 2. The molecule has 172 valence electrons. The monoisotopic (exact) mass is 479 g/mol. The Morgan fingerprint density at radius 1 is 1.09 bits per heavy atom. The Kier molecular flexibility index (Phi) is 7.64. The first kappa shape index (κ1) is 23.9. The SMILES string of the molecule is CC(C)N(NC(=O)c1cccc(S(=O)(=O)N2CCCCC2)c1)C(=O)OC(=O)c1ccsc1. The number of amides is 2. The van der Waals surface area contributed by atoms with Gasteiger partial charge in [0, 0.05) is 24.0 Å². The average molecular weight is 480 g/mol. The third-order valence-corrected chi connectivity index (χ3v) is 7.50. The van der Waals surface area contributed by atoms with Gasteiger partial charge in [0.2, 0.25) is 10.0 Å². The molecule has 1 N–H and O–H groups in total. The van der Waals surface area contributed by atoms with E-state index in [1.165, 1.54) is 46.0 Å². The number of benzene rings is 1. The second-order valence-electron chi connectivity index (χ2n) is 7.56. The largest absolute Gasteiger partial charge is 0.436 e. The number of piperidine rings is 1. The zero-order valence-electron chi connectivity index (χ0n) is 17.8. The van der Waals surface area contributed by atoms with Crippen LogP contribution in [0.4, 0.5) is 4.79 Å². The summed E-state index contributed by atoms with van der Waals surface area (Å²) >= 11 is 1.28. The molecular formula is C21H25N3O6S2. The molecule has 1 fully saturated rings. The average Bonchev–Trinajstić information content (AvgIpc) is 3.33. The standard InChI is InChI=1S/C21H25N3O6S2/c1-15(2)24(21(27)30-20(26)17-9-12-31-14-17)22-19(25)16-7-6-8-18(13-16)32(28,29)23-10-4-3-5-11-23/h6-9,12-15H,3-5,10-11H2,1-2H3,(H,22,25). The number of hydrazine groups is 1. The molecule has 0 unspecified atom stereocenters. The second kappa shape index (κ2) is 10.2. The Hall–Kier alpha value is -2.76. The summed E-state index contributed by atoms with van der Waals surface area (Å²) in [5, 5.41) is 4.11. The summed E-state index contributed by atoms with van der Waals surface area (Å²) in [6.07, 6.45) is 1.55. The molecule has 0 saturated carbocycles. The molecule has 1 saturated heterocycles. The van der Waals surface area contributed by atoms with Gasteiger partial charge in [-0.2, -0.15) is 15.6 Å². The van der Waals surface area contributed by atoms with Crippen LogP contribution in [0.3, 0.4) is 0 Å². The van der Waals surface area contributed by atoms with Crippen molar-refractivity contribution in [2.45, 2.75) is 44.0 Å². The number of ether oxygens (including phenoxy) is 1. The Morgan fingerprint density at radius 2 is 1.81 bits per heavy atom. The third-order valence-electron chi connectivity index (χ3n) is 4.92. The van der Waals surface area contributed by atoms with E-state index in [1.807, 2.05) is 0 Å². The zero-order valence-corrected chi connectivity index (χ0v) is 19.4. The van der Waals surface area contributed by atoms with Gasteiger partial charge in [0.15, 0.2) is 0 Å². The smallest absolute Gasteiger partial charge is 0.371 e. The van der Waals surface area contributed by atoms with Crippen molar-refractivity contribution in [3.05, 3.63) is 52.2 Å². The summed E-state index contributed by atoms with van der Waals surface area (Å²) < 4.78 is 32.1. The fraction of sp³-hybridized carbons (Fsp3) is 0.381. The van der Waals surface area contributed by atoms with Crippen LogP contribution < -0.4 is 5.43 Å². The molecule has 1 aliphatic heterocycles. The molecule has 1 aromatic heterocycles. The molecule has 0 radical (unpaired) electrons. The van der Waals surface area contributed by atoms with Gasteiger partial charge in [-0.15, -0.1) is 0 Å². The second-order valence-corrected chi connectivity index (χ2v) is 10.3. The van der Waals surface area contributed by atoms with E-state index >= 15 is 0 Å². The number of carbonyl (C=O) groups excluding carboxylic acids is 3. The summed E-state index contributed by atoms with van der Waals surface area (Å²) in [4.78, 5) is 37.3. The van der Waals surface area contributed by atoms with Gasteiger partial charge in [-0.05, 0) is 56.3 Å². The first-order chi connectivity index (χ1) is 15.2. The Bertz CT molecular complexity index is 1080. The van der Waals surface area contributed by atoms with Crippen LogP contribution in [0.2, 0.25) is 0 Å². The van der Waals surface area contributed by atoms with Crippen LogP contribution in [0.5, 0.6) is 0 Å². The lowest BCUT2D eigenvalue weighted by atomic mass is 10.2. The van der Waals surface area contributed by atoms with Gasteiger partial charge in [-0.3, -0.25) is 10.2 Å². The van der Waals surface area contributed by atoms with E-state index in [0.717, 1.165) is 24.3 Å². The number of hydrogen-bond acceptors (Lipinski definition) is 7. The number of sulfonamides is 1. The first-order valence-electron chi connectivity index (χ1n) is 10.2. The van der Waals surface area contributed by atoms with Crippen molar-refractivity contribution in [1.82, 2.24) is 14.7 Å². The lowest BCUT2D eigenvalue weighted by Crippen LogP contribution is -2.50. The molecule has 9 nitrogen and oxygen atoms in total. The molecular weight excluding hydrogens is 454 g/mol. The maximum atomic E-state index is 12.9. The van der Waals surface area contributed by atoms with Crippen molar-refractivity contribution >= 4 is 39.3 Å². The van der Waals surface area contributed by atoms with Crippen molar-refractivity contribution in [3.8, 4) is 0 Å². The van der Waals surface area contributed by atoms with E-state index in [0.29, 0.717) is 13.1 Å². The molecule has 3 rings (SSSR count). The number of nitrogens with one attached hydrogen (secondary N) is 1. The topological polar surface area (TPSA) is 113 Å². The summed E-state index contributed by atoms with van der Waals surface area (Å²) in [6.45, 7) is 4.16. The van der Waals surface area contributed by atoms with E-state index < -0.39 is 34.0 Å². The van der Waals surface area contributed by atoms with Crippen molar-refractivity contribution in [2.75, 3.05) is 13.1 Å². The minimum atomic E-state index is -3.72. The van der Waals surface area contributed by atoms with E-state index in [4.69, 9.17) is 4.74 Å². The van der Waals surface area contributed by atoms with Crippen LogP contribution in [0.15, 0.2) is 46.0 Å². The van der Waals surface area contributed by atoms with Gasteiger partial charge in [0.05, 0.1) is 16.5 Å². The van der Waals surface area contributed by atoms with E-state index in [1.54, 1.807) is 24.6 Å². The maximum Gasteiger partial charge on any atom is 0.436 e. The fourth-order valence-electron chi connectivity index (χ4n) is 3.18. The minimum Gasteiger partial charge on any atom is -0.371 e. The van der Waals surface area contributed by atoms with Gasteiger partial charge in [-0.25, -0.2) is 23.0 Å². The predicted molar refractivity (Wildman–Crippen MR) is 119 cm³/mol. The van der Waals surface area contributed by atoms with E-state index in [-0.39, 0.29) is 16.0 Å². The molecule has 0 bridgehead atoms. The maximum absolute atomic E-state index is 12.9. The van der Waals surface area contributed by atoms with Crippen molar-refractivity contribution in [2.24, 2.45) is 0 Å². The summed E-state index contributed by atoms with van der Waals surface area (Å²) in [5.74, 6) is -1.53. The molecule has 1 aliphatic rings. The summed E-state index contributed by atoms with van der Waals surface area (Å²) in [5.41, 5.74) is 2.69. The van der Waals surface area contributed by atoms with Crippen LogP contribution in [0.25, 0.3) is 0 Å². The number of carbonyl (C=O) groups is 3. The van der Waals surface area contributed by atoms with Gasteiger partial charge in [-0.1, -0.05) is 12.5 Å². The molecule has 0 spiro atoms. The molecule has 2 heterocycles. The van der Waals surface area contributed by atoms with E-state index in [9.17, 15) is 22.8 Å². The quantitative estimate of drug-likeness (QED) is 0.400. The summed E-state index contributed by atoms with van der Waals surface area (Å²) in [6, 6.07) is 6.64. The highest BCUT2D eigenvalue weighted by Gasteiger charge is 2.28. The number of hydrogen-bond donors (Lipinski definition) is 1. The van der Waals surface area contributed by atoms with Crippen LogP contribution >= 0.6 is 11.3 Å². The predicted octanol–water partition coefficient (Wildman–Crippen LogP) is 3.25. The van der Waals surface area contributed by atoms with Gasteiger partial charge < -0.3 is 4.74 Å². The normalized spacial score (nSPS) is 14.7. The third kappa shape index (κ3) is 5.53. The van der Waals surface area contributed by atoms with Crippen molar-refractivity contribution in [3.63, 3.8) is 0 Å². The Morgan fingerprint density at radius 3 is 2.44 bits per heavy atom. The number of esters is 1. The van der Waals surface area contributed by atoms with Gasteiger partial charge in [0.1, 0.15) is 0 Å². The van der Waals surface area contributed by atoms with Gasteiger partial charge >= 0.3 is 12.1 Å². The Balaban J connectivity index is 1.73. The van der Waals surface area contributed by atoms with Crippen molar-refractivity contribution < 1.29 is 27.5 Å². The highest BCUT2D eigenvalue weighted by atomic mass is 32.2. The molecule has 2 aromatic rings. The lowest BCUT2D eigenvalue weighted by molar-refractivity contribution is 0.0416. The molecule has 1 aromatic carbocycles. The highest BCUT2D eigenvalue weighted by Crippen LogP contribution is 2.21. The number of thiophene rings is 1. The Labute approximate surface area is 191 Å². The molecule has 0 aliphatic carbocycles. The molecule has 2 amide bonds. The summed E-state index contributed by atoms with van der Waals surface area (Å²) in [7, 11) is -3.72. The van der Waals surface area contributed by atoms with Crippen LogP contribution in [-0.2, 0) is 14.8 Å². The van der Waals surface area contributed by atoms with Gasteiger partial charge in [0.25, 0.3) is 5.91 Å². The van der Waals surface area contributed by atoms with Crippen LogP contribution in [0.1, 0.15) is 53.8 Å². The van der Waals surface area contributed by atoms with Crippen molar-refractivity contribution in [1.29, 1.82) is 0 Å². The van der Waals surface area contributed by atoms with Crippen LogP contribution in [-0.4, -0.2) is 54.8 Å². The first-order valence-corrected chi connectivity index (χ1v) is 12.6. The van der Waals surface area contributed by atoms with Crippen LogP contribution in [0, 0.1) is 0 Å². The molecule has 11 heteroatoms. The van der Waals surface area contributed by atoms with E-state index in [2.05, 4.69) is 5.43 Å². The minimum absolute atomic E-state index is 0.0124. The molecule has 32 heavy (non-hydrogen) atoms. The molecule has 0 atom stereocenters. The lowest BCUT2D eigenvalue weighted by Gasteiger charge is -2.26. The number of rotatable bonds is 5. The highest BCUT2D eigenvalue weighted by molar-refractivity contribution is 7.89. The zero-order chi connectivity index (χ0) is 23.3.